The molecule has 0 unspecified atom stereocenters. The molecule has 2 N–H and O–H groups in total. The zero-order chi connectivity index (χ0) is 11.4. The highest BCUT2D eigenvalue weighted by Crippen LogP contribution is 2.31. The molecule has 0 fully saturated rings. The molecule has 1 aromatic heterocycles. The Labute approximate surface area is 90.9 Å². The van der Waals surface area contributed by atoms with Gasteiger partial charge in [0.15, 0.2) is 5.75 Å². The Hall–Kier alpha value is -1.69. The van der Waals surface area contributed by atoms with Gasteiger partial charge in [-0.15, -0.1) is 0 Å². The molecule has 82 valence electrons. The van der Waals surface area contributed by atoms with Gasteiger partial charge >= 0.3 is 6.16 Å². The summed E-state index contributed by atoms with van der Waals surface area (Å²) < 4.78 is 13.9. The second-order valence-electron chi connectivity index (χ2n) is 2.42. The molecule has 0 aliphatic rings. The molecule has 0 aliphatic heterocycles. The van der Waals surface area contributed by atoms with Crippen LogP contribution >= 0.6 is 11.6 Å². The van der Waals surface area contributed by atoms with E-state index in [9.17, 15) is 4.79 Å². The summed E-state index contributed by atoms with van der Waals surface area (Å²) in [5, 5.41) is 0.162. The van der Waals surface area contributed by atoms with Crippen molar-refractivity contribution < 1.29 is 19.0 Å². The van der Waals surface area contributed by atoms with Crippen molar-refractivity contribution in [2.45, 2.75) is 0 Å². The van der Waals surface area contributed by atoms with Crippen molar-refractivity contribution in [2.75, 3.05) is 20.0 Å². The zero-order valence-corrected chi connectivity index (χ0v) is 8.87. The van der Waals surface area contributed by atoms with Crippen LogP contribution in [0.5, 0.6) is 11.6 Å². The lowest BCUT2D eigenvalue weighted by Gasteiger charge is -2.08. The van der Waals surface area contributed by atoms with Gasteiger partial charge in [0.1, 0.15) is 5.82 Å². The topological polar surface area (TPSA) is 83.7 Å². The van der Waals surface area contributed by atoms with Crippen LogP contribution in [0.15, 0.2) is 6.07 Å². The van der Waals surface area contributed by atoms with Crippen molar-refractivity contribution >= 4 is 23.6 Å². The molecule has 0 saturated carbocycles. The summed E-state index contributed by atoms with van der Waals surface area (Å²) in [7, 11) is 2.54. The van der Waals surface area contributed by atoms with Gasteiger partial charge in [0.25, 0.3) is 5.88 Å². The van der Waals surface area contributed by atoms with Gasteiger partial charge in [-0.25, -0.2) is 4.79 Å². The van der Waals surface area contributed by atoms with E-state index in [1.54, 1.807) is 0 Å². The maximum absolute atomic E-state index is 10.8. The van der Waals surface area contributed by atoms with Crippen molar-refractivity contribution in [3.8, 4) is 11.6 Å². The molecular formula is C8H9ClN2O4. The van der Waals surface area contributed by atoms with E-state index in [4.69, 9.17) is 26.8 Å². The number of hydrogen-bond donors (Lipinski definition) is 1. The van der Waals surface area contributed by atoms with E-state index in [-0.39, 0.29) is 22.5 Å². The SMILES string of the molecule is COC(=O)Oc1cc(Cl)c(N)nc1OC. The number of anilines is 1. The summed E-state index contributed by atoms with van der Waals surface area (Å²) in [6, 6.07) is 1.32. The summed E-state index contributed by atoms with van der Waals surface area (Å²) >= 11 is 5.69. The molecule has 1 heterocycles. The van der Waals surface area contributed by atoms with E-state index in [1.165, 1.54) is 20.3 Å². The number of nitrogens with two attached hydrogens (primary N) is 1. The fraction of sp³-hybridized carbons (Fsp3) is 0.250. The highest BCUT2D eigenvalue weighted by Gasteiger charge is 2.14. The van der Waals surface area contributed by atoms with Gasteiger partial charge in [0, 0.05) is 6.07 Å². The first-order valence-corrected chi connectivity index (χ1v) is 4.22. The first-order valence-electron chi connectivity index (χ1n) is 3.84. The van der Waals surface area contributed by atoms with Crippen LogP contribution in [0.2, 0.25) is 5.02 Å². The Morgan fingerprint density at radius 3 is 2.73 bits per heavy atom. The molecule has 7 heteroatoms. The van der Waals surface area contributed by atoms with Crippen molar-refractivity contribution in [3.63, 3.8) is 0 Å². The number of carbonyl (C=O) groups excluding carboxylic acids is 1. The molecule has 0 amide bonds. The van der Waals surface area contributed by atoms with Crippen LogP contribution in [-0.4, -0.2) is 25.4 Å². The lowest BCUT2D eigenvalue weighted by Crippen LogP contribution is -2.09. The molecule has 0 saturated heterocycles. The van der Waals surface area contributed by atoms with E-state index in [0.717, 1.165) is 0 Å². The van der Waals surface area contributed by atoms with Crippen LogP contribution < -0.4 is 15.2 Å². The van der Waals surface area contributed by atoms with Gasteiger partial charge in [0.2, 0.25) is 0 Å². The zero-order valence-electron chi connectivity index (χ0n) is 8.11. The lowest BCUT2D eigenvalue weighted by molar-refractivity contribution is 0.119. The largest absolute Gasteiger partial charge is 0.513 e. The molecule has 0 aromatic carbocycles. The first-order chi connectivity index (χ1) is 7.08. The lowest BCUT2D eigenvalue weighted by atomic mass is 10.4. The van der Waals surface area contributed by atoms with Crippen LogP contribution in [0, 0.1) is 0 Å². The molecule has 1 aromatic rings. The van der Waals surface area contributed by atoms with Crippen molar-refractivity contribution in [1.29, 1.82) is 0 Å². The Kier molecular flexibility index (Phi) is 3.56. The molecule has 0 bridgehead atoms. The number of nitrogens with zero attached hydrogens (tertiary/aromatic N) is 1. The summed E-state index contributed by atoms with van der Waals surface area (Å²) in [5.41, 5.74) is 5.43. The summed E-state index contributed by atoms with van der Waals surface area (Å²) in [6.45, 7) is 0. The van der Waals surface area contributed by atoms with Gasteiger partial charge in [-0.3, -0.25) is 0 Å². The fourth-order valence-electron chi connectivity index (χ4n) is 0.819. The normalized spacial score (nSPS) is 9.53. The van der Waals surface area contributed by atoms with Crippen molar-refractivity contribution in [2.24, 2.45) is 0 Å². The molecular weight excluding hydrogens is 224 g/mol. The van der Waals surface area contributed by atoms with Gasteiger partial charge in [-0.1, -0.05) is 11.6 Å². The van der Waals surface area contributed by atoms with Gasteiger partial charge in [-0.05, 0) is 0 Å². The Morgan fingerprint density at radius 1 is 1.53 bits per heavy atom. The third kappa shape index (κ3) is 2.63. The maximum atomic E-state index is 10.8. The van der Waals surface area contributed by atoms with Gasteiger partial charge in [-0.2, -0.15) is 4.98 Å². The average Bonchev–Trinajstić information content (AvgIpc) is 2.22. The van der Waals surface area contributed by atoms with Gasteiger partial charge in [0.05, 0.1) is 19.2 Å². The van der Waals surface area contributed by atoms with E-state index >= 15 is 0 Å². The third-order valence-corrected chi connectivity index (χ3v) is 1.79. The minimum atomic E-state index is -0.893. The highest BCUT2D eigenvalue weighted by atomic mass is 35.5. The fourth-order valence-corrected chi connectivity index (χ4v) is 0.961. The standard InChI is InChI=1S/C8H9ClN2O4/c1-13-7-5(15-8(12)14-2)3-4(9)6(10)11-7/h3H,1-2H3,(H2,10,11). The highest BCUT2D eigenvalue weighted by molar-refractivity contribution is 6.32. The number of aromatic nitrogens is 1. The summed E-state index contributed by atoms with van der Waals surface area (Å²) in [6.07, 6.45) is -0.893. The molecule has 0 spiro atoms. The molecule has 0 atom stereocenters. The monoisotopic (exact) mass is 232 g/mol. The Bertz CT molecular complexity index is 383. The van der Waals surface area contributed by atoms with Crippen LogP contribution in [0.3, 0.4) is 0 Å². The summed E-state index contributed by atoms with van der Waals surface area (Å²) in [5.74, 6) is 0.191. The smallest absolute Gasteiger partial charge is 0.478 e. The van der Waals surface area contributed by atoms with E-state index in [1.807, 2.05) is 0 Å². The quantitative estimate of drug-likeness (QED) is 0.778. The second-order valence-corrected chi connectivity index (χ2v) is 2.83. The van der Waals surface area contributed by atoms with Crippen molar-refractivity contribution in [3.05, 3.63) is 11.1 Å². The van der Waals surface area contributed by atoms with Crippen LogP contribution in [0.4, 0.5) is 10.6 Å². The first kappa shape index (κ1) is 11.4. The molecule has 6 nitrogen and oxygen atoms in total. The number of hydrogen-bond acceptors (Lipinski definition) is 6. The number of pyridine rings is 1. The number of rotatable bonds is 2. The Balaban J connectivity index is 3.05. The van der Waals surface area contributed by atoms with Crippen LogP contribution in [0.1, 0.15) is 0 Å². The van der Waals surface area contributed by atoms with Crippen molar-refractivity contribution in [1.82, 2.24) is 4.98 Å². The second kappa shape index (κ2) is 4.70. The average molecular weight is 233 g/mol. The third-order valence-electron chi connectivity index (χ3n) is 1.49. The van der Waals surface area contributed by atoms with Gasteiger partial charge < -0.3 is 19.9 Å². The number of halogens is 1. The number of nitrogen functional groups attached to an aromatic ring is 1. The number of carbonyl (C=O) groups is 1. The predicted molar refractivity (Wildman–Crippen MR) is 53.2 cm³/mol. The van der Waals surface area contributed by atoms with E-state index in [0.29, 0.717) is 0 Å². The Morgan fingerprint density at radius 2 is 2.20 bits per heavy atom. The molecule has 1 rings (SSSR count). The summed E-state index contributed by atoms with van der Waals surface area (Å²) in [4.78, 5) is 14.6. The predicted octanol–water partition coefficient (Wildman–Crippen LogP) is 1.47. The van der Waals surface area contributed by atoms with Crippen LogP contribution in [-0.2, 0) is 4.74 Å². The number of ether oxygens (including phenoxy) is 3. The number of methoxy groups -OCH3 is 2. The van der Waals surface area contributed by atoms with E-state index in [2.05, 4.69) is 9.72 Å². The van der Waals surface area contributed by atoms with Crippen LogP contribution in [0.25, 0.3) is 0 Å². The minimum Gasteiger partial charge on any atom is -0.478 e. The molecule has 0 aliphatic carbocycles. The minimum absolute atomic E-state index is 0.0450. The van der Waals surface area contributed by atoms with E-state index < -0.39 is 6.16 Å². The molecule has 0 radical (unpaired) electrons. The maximum Gasteiger partial charge on any atom is 0.513 e. The molecule has 15 heavy (non-hydrogen) atoms.